The molecule has 0 atom stereocenters. The second kappa shape index (κ2) is 5.51. The van der Waals surface area contributed by atoms with E-state index < -0.39 is 5.97 Å². The molecule has 91 valence electrons. The van der Waals surface area contributed by atoms with Crippen molar-refractivity contribution < 1.29 is 14.3 Å². The van der Waals surface area contributed by atoms with Gasteiger partial charge in [0.25, 0.3) is 0 Å². The lowest BCUT2D eigenvalue weighted by molar-refractivity contribution is 0.0734. The van der Waals surface area contributed by atoms with Crippen LogP contribution in [0.15, 0.2) is 36.5 Å². The highest BCUT2D eigenvalue weighted by atomic mass is 35.5. The van der Waals surface area contributed by atoms with Crippen molar-refractivity contribution in [3.63, 3.8) is 0 Å². The minimum atomic E-state index is -0.501. The molecule has 0 aliphatic carbocycles. The summed E-state index contributed by atoms with van der Waals surface area (Å²) in [4.78, 5) is 15.5. The van der Waals surface area contributed by atoms with Crippen LogP contribution in [0, 0.1) is 6.20 Å². The molecule has 1 aromatic heterocycles. The lowest BCUT2D eigenvalue weighted by Crippen LogP contribution is -2.08. The van der Waals surface area contributed by atoms with Crippen molar-refractivity contribution in [2.45, 2.75) is 0 Å². The molecule has 1 aromatic carbocycles. The fraction of sp³-hybridized carbons (Fsp3) is 0.0769. The smallest absolute Gasteiger partial charge is 0.343 e. The van der Waals surface area contributed by atoms with Crippen LogP contribution in [0.5, 0.6) is 11.5 Å². The molecule has 0 saturated heterocycles. The summed E-state index contributed by atoms with van der Waals surface area (Å²) in [7, 11) is 1.56. The number of carbonyl (C=O) groups is 1. The SMILES string of the molecule is COc1ccc(C(=O)Oc2c[c]ncc2Cl)cc1. The number of rotatable bonds is 3. The molecule has 1 radical (unpaired) electrons. The molecule has 0 bridgehead atoms. The van der Waals surface area contributed by atoms with Crippen molar-refractivity contribution in [1.29, 1.82) is 0 Å². The van der Waals surface area contributed by atoms with Crippen molar-refractivity contribution in [2.24, 2.45) is 0 Å². The Bertz CT molecular complexity index is 554. The van der Waals surface area contributed by atoms with Crippen LogP contribution in [0.4, 0.5) is 0 Å². The van der Waals surface area contributed by atoms with E-state index in [1.54, 1.807) is 31.4 Å². The third kappa shape index (κ3) is 2.78. The minimum Gasteiger partial charge on any atom is -0.497 e. The predicted molar refractivity (Wildman–Crippen MR) is 66.0 cm³/mol. The Morgan fingerprint density at radius 3 is 2.67 bits per heavy atom. The Balaban J connectivity index is 2.14. The molecular weight excluding hydrogens is 254 g/mol. The number of benzene rings is 1. The summed E-state index contributed by atoms with van der Waals surface area (Å²) < 4.78 is 10.1. The molecule has 0 saturated carbocycles. The average Bonchev–Trinajstić information content (AvgIpc) is 2.41. The quantitative estimate of drug-likeness (QED) is 0.798. The van der Waals surface area contributed by atoms with Gasteiger partial charge in [0.15, 0.2) is 5.75 Å². The standard InChI is InChI=1S/C13H9ClNO3/c1-17-10-4-2-9(3-5-10)13(16)18-12-6-7-15-8-11(12)14/h2-6,8H,1H3. The Hall–Kier alpha value is -2.07. The second-order valence-corrected chi connectivity index (χ2v) is 3.77. The minimum absolute atomic E-state index is 0.229. The normalized spacial score (nSPS) is 9.89. The second-order valence-electron chi connectivity index (χ2n) is 3.36. The van der Waals surface area contributed by atoms with Gasteiger partial charge in [0.05, 0.1) is 25.1 Å². The summed E-state index contributed by atoms with van der Waals surface area (Å²) in [6, 6.07) is 7.98. The van der Waals surface area contributed by atoms with Gasteiger partial charge in [-0.25, -0.2) is 4.79 Å². The molecule has 0 spiro atoms. The number of hydrogen-bond donors (Lipinski definition) is 0. The number of aromatic nitrogens is 1. The first-order valence-electron chi connectivity index (χ1n) is 5.08. The molecule has 0 aliphatic heterocycles. The third-order valence-corrected chi connectivity index (χ3v) is 2.50. The van der Waals surface area contributed by atoms with E-state index in [9.17, 15) is 4.79 Å². The van der Waals surface area contributed by atoms with Crippen LogP contribution in [0.1, 0.15) is 10.4 Å². The number of methoxy groups -OCH3 is 1. The maximum atomic E-state index is 11.8. The zero-order valence-electron chi connectivity index (χ0n) is 9.51. The highest BCUT2D eigenvalue weighted by Gasteiger charge is 2.10. The largest absolute Gasteiger partial charge is 0.497 e. The molecule has 0 fully saturated rings. The molecule has 0 aliphatic rings. The van der Waals surface area contributed by atoms with E-state index in [0.717, 1.165) is 0 Å². The zero-order chi connectivity index (χ0) is 13.0. The van der Waals surface area contributed by atoms with Gasteiger partial charge >= 0.3 is 5.97 Å². The summed E-state index contributed by atoms with van der Waals surface area (Å²) >= 11 is 5.82. The molecule has 2 aromatic rings. The zero-order valence-corrected chi connectivity index (χ0v) is 10.3. The first-order chi connectivity index (χ1) is 8.70. The maximum absolute atomic E-state index is 11.8. The first kappa shape index (κ1) is 12.4. The number of carbonyl (C=O) groups excluding carboxylic acids is 1. The molecule has 0 N–H and O–H groups in total. The summed E-state index contributed by atoms with van der Waals surface area (Å²) in [5.41, 5.74) is 0.406. The van der Waals surface area contributed by atoms with Crippen molar-refractivity contribution in [2.75, 3.05) is 7.11 Å². The lowest BCUT2D eigenvalue weighted by Gasteiger charge is -2.05. The van der Waals surface area contributed by atoms with E-state index in [1.807, 2.05) is 0 Å². The molecule has 2 rings (SSSR count). The Kier molecular flexibility index (Phi) is 3.79. The van der Waals surface area contributed by atoms with Crippen LogP contribution in [-0.4, -0.2) is 18.1 Å². The Labute approximate surface area is 109 Å². The van der Waals surface area contributed by atoms with Gasteiger partial charge in [0.1, 0.15) is 10.8 Å². The van der Waals surface area contributed by atoms with Crippen LogP contribution in [0.2, 0.25) is 5.02 Å². The van der Waals surface area contributed by atoms with E-state index in [0.29, 0.717) is 11.3 Å². The van der Waals surface area contributed by atoms with Crippen molar-refractivity contribution >= 4 is 17.6 Å². The van der Waals surface area contributed by atoms with Gasteiger partial charge in [0, 0.05) is 6.07 Å². The molecular formula is C13H9ClNO3. The topological polar surface area (TPSA) is 48.4 Å². The van der Waals surface area contributed by atoms with E-state index in [1.165, 1.54) is 12.3 Å². The van der Waals surface area contributed by atoms with Gasteiger partial charge in [-0.3, -0.25) is 4.98 Å². The van der Waals surface area contributed by atoms with Gasteiger partial charge in [0.2, 0.25) is 0 Å². The van der Waals surface area contributed by atoms with Crippen LogP contribution in [0.25, 0.3) is 0 Å². The summed E-state index contributed by atoms with van der Waals surface area (Å²) in [5, 5.41) is 0.260. The predicted octanol–water partition coefficient (Wildman–Crippen LogP) is 2.76. The summed E-state index contributed by atoms with van der Waals surface area (Å²) in [6.45, 7) is 0. The van der Waals surface area contributed by atoms with Gasteiger partial charge in [-0.2, -0.15) is 0 Å². The number of pyridine rings is 1. The molecule has 18 heavy (non-hydrogen) atoms. The van der Waals surface area contributed by atoms with Crippen LogP contribution < -0.4 is 9.47 Å². The molecule has 0 amide bonds. The number of esters is 1. The maximum Gasteiger partial charge on any atom is 0.343 e. The lowest BCUT2D eigenvalue weighted by atomic mass is 10.2. The fourth-order valence-corrected chi connectivity index (χ4v) is 1.43. The van der Waals surface area contributed by atoms with Crippen LogP contribution in [0.3, 0.4) is 0 Å². The summed E-state index contributed by atoms with van der Waals surface area (Å²) in [6.07, 6.45) is 3.90. The summed E-state index contributed by atoms with van der Waals surface area (Å²) in [5.74, 6) is 0.397. The Morgan fingerprint density at radius 2 is 2.06 bits per heavy atom. The Morgan fingerprint density at radius 1 is 1.33 bits per heavy atom. The van der Waals surface area contributed by atoms with E-state index in [-0.39, 0.29) is 10.8 Å². The van der Waals surface area contributed by atoms with Crippen molar-refractivity contribution in [1.82, 2.24) is 4.98 Å². The van der Waals surface area contributed by atoms with Crippen molar-refractivity contribution in [3.05, 3.63) is 53.3 Å². The van der Waals surface area contributed by atoms with Crippen LogP contribution >= 0.6 is 11.6 Å². The molecule has 4 nitrogen and oxygen atoms in total. The van der Waals surface area contributed by atoms with Gasteiger partial charge in [-0.1, -0.05) is 11.6 Å². The highest BCUT2D eigenvalue weighted by Crippen LogP contribution is 2.23. The van der Waals surface area contributed by atoms with E-state index in [2.05, 4.69) is 11.2 Å². The van der Waals surface area contributed by atoms with Crippen LogP contribution in [-0.2, 0) is 0 Å². The highest BCUT2D eigenvalue weighted by molar-refractivity contribution is 6.32. The van der Waals surface area contributed by atoms with Gasteiger partial charge in [-0.15, -0.1) is 0 Å². The molecule has 1 heterocycles. The van der Waals surface area contributed by atoms with Gasteiger partial charge < -0.3 is 9.47 Å². The number of ether oxygens (including phenoxy) is 2. The average molecular weight is 263 g/mol. The molecule has 0 unspecified atom stereocenters. The number of nitrogens with zero attached hydrogens (tertiary/aromatic N) is 1. The fourth-order valence-electron chi connectivity index (χ4n) is 1.29. The first-order valence-corrected chi connectivity index (χ1v) is 5.46. The van der Waals surface area contributed by atoms with Gasteiger partial charge in [-0.05, 0) is 24.3 Å². The number of hydrogen-bond acceptors (Lipinski definition) is 4. The van der Waals surface area contributed by atoms with E-state index in [4.69, 9.17) is 21.1 Å². The van der Waals surface area contributed by atoms with E-state index >= 15 is 0 Å². The molecule has 5 heteroatoms. The van der Waals surface area contributed by atoms with Crippen molar-refractivity contribution in [3.8, 4) is 11.5 Å². The monoisotopic (exact) mass is 262 g/mol. The third-order valence-electron chi connectivity index (χ3n) is 2.21. The number of halogens is 1.